The van der Waals surface area contributed by atoms with Gasteiger partial charge >= 0.3 is 5.97 Å². The van der Waals surface area contributed by atoms with Gasteiger partial charge in [-0.05, 0) is 38.1 Å². The first-order valence-corrected chi connectivity index (χ1v) is 9.69. The number of carboxylic acids is 1. The van der Waals surface area contributed by atoms with Gasteiger partial charge in [-0.2, -0.15) is 0 Å². The number of hydrogen-bond acceptors (Lipinski definition) is 2. The van der Waals surface area contributed by atoms with Crippen molar-refractivity contribution in [2.45, 2.75) is 103 Å². The molecular formula is C19H37NO2. The van der Waals surface area contributed by atoms with Crippen molar-refractivity contribution < 1.29 is 9.90 Å². The molecule has 0 aromatic carbocycles. The molecule has 2 unspecified atom stereocenters. The van der Waals surface area contributed by atoms with Crippen molar-refractivity contribution in [3.63, 3.8) is 0 Å². The Kier molecular flexibility index (Phi) is 11.4. The summed E-state index contributed by atoms with van der Waals surface area (Å²) in [5.74, 6) is 0.238. The Morgan fingerprint density at radius 1 is 0.955 bits per heavy atom. The fourth-order valence-electron chi connectivity index (χ4n) is 3.69. The van der Waals surface area contributed by atoms with Crippen molar-refractivity contribution in [3.8, 4) is 0 Å². The molecule has 0 aliphatic carbocycles. The highest BCUT2D eigenvalue weighted by atomic mass is 16.4. The largest absolute Gasteiger partial charge is 0.481 e. The molecule has 0 saturated carbocycles. The van der Waals surface area contributed by atoms with Crippen molar-refractivity contribution in [2.24, 2.45) is 5.92 Å². The molecule has 22 heavy (non-hydrogen) atoms. The van der Waals surface area contributed by atoms with E-state index < -0.39 is 5.97 Å². The Morgan fingerprint density at radius 2 is 1.59 bits per heavy atom. The second-order valence-electron chi connectivity index (χ2n) is 7.01. The summed E-state index contributed by atoms with van der Waals surface area (Å²) in [6.07, 6.45) is 17.1. The summed E-state index contributed by atoms with van der Waals surface area (Å²) in [4.78, 5) is 10.5. The van der Waals surface area contributed by atoms with Gasteiger partial charge in [0.25, 0.3) is 0 Å². The predicted octanol–water partition coefficient (Wildman–Crippen LogP) is 5.14. The van der Waals surface area contributed by atoms with Crippen LogP contribution in [0.25, 0.3) is 0 Å². The maximum absolute atomic E-state index is 10.5. The lowest BCUT2D eigenvalue weighted by Gasteiger charge is -2.19. The average Bonchev–Trinajstić information content (AvgIpc) is 2.93. The average molecular weight is 312 g/mol. The molecule has 1 heterocycles. The molecule has 0 aromatic heterocycles. The van der Waals surface area contributed by atoms with Crippen LogP contribution in [0, 0.1) is 5.92 Å². The number of carboxylic acid groups (broad SMARTS) is 1. The van der Waals surface area contributed by atoms with E-state index in [0.717, 1.165) is 24.8 Å². The summed E-state index contributed by atoms with van der Waals surface area (Å²) in [7, 11) is 0. The lowest BCUT2D eigenvalue weighted by molar-refractivity contribution is -0.137. The molecule has 3 nitrogen and oxygen atoms in total. The summed E-state index contributed by atoms with van der Waals surface area (Å²) < 4.78 is 0. The van der Waals surface area contributed by atoms with Crippen LogP contribution in [0.5, 0.6) is 0 Å². The van der Waals surface area contributed by atoms with Gasteiger partial charge < -0.3 is 10.4 Å². The van der Waals surface area contributed by atoms with Gasteiger partial charge in [0, 0.05) is 12.5 Å². The van der Waals surface area contributed by atoms with Crippen LogP contribution in [0.1, 0.15) is 96.8 Å². The van der Waals surface area contributed by atoms with Crippen LogP contribution in [-0.2, 0) is 4.79 Å². The van der Waals surface area contributed by atoms with Crippen LogP contribution < -0.4 is 5.32 Å². The van der Waals surface area contributed by atoms with E-state index in [1.54, 1.807) is 0 Å². The van der Waals surface area contributed by atoms with Crippen molar-refractivity contribution in [1.82, 2.24) is 5.32 Å². The minimum Gasteiger partial charge on any atom is -0.481 e. The first kappa shape index (κ1) is 19.5. The van der Waals surface area contributed by atoms with Crippen molar-refractivity contribution in [1.29, 1.82) is 0 Å². The number of aliphatic carboxylic acids is 1. The van der Waals surface area contributed by atoms with Gasteiger partial charge in [0.05, 0.1) is 0 Å². The monoisotopic (exact) mass is 311 g/mol. The second-order valence-corrected chi connectivity index (χ2v) is 7.01. The van der Waals surface area contributed by atoms with E-state index in [2.05, 4.69) is 12.2 Å². The molecule has 2 N–H and O–H groups in total. The minimum absolute atomic E-state index is 0.336. The van der Waals surface area contributed by atoms with Crippen molar-refractivity contribution >= 4 is 5.97 Å². The van der Waals surface area contributed by atoms with Gasteiger partial charge in [0.1, 0.15) is 0 Å². The van der Waals surface area contributed by atoms with Gasteiger partial charge in [0.15, 0.2) is 0 Å². The van der Waals surface area contributed by atoms with Crippen molar-refractivity contribution in [2.75, 3.05) is 6.54 Å². The molecular weight excluding hydrogens is 274 g/mol. The van der Waals surface area contributed by atoms with Crippen molar-refractivity contribution in [3.05, 3.63) is 0 Å². The number of unbranched alkanes of at least 4 members (excludes halogenated alkanes) is 8. The quantitative estimate of drug-likeness (QED) is 0.437. The van der Waals surface area contributed by atoms with Gasteiger partial charge in [-0.15, -0.1) is 0 Å². The smallest absolute Gasteiger partial charge is 0.303 e. The molecule has 130 valence electrons. The SMILES string of the molecule is CCCCCCCCC1CCNC1CCCCCCC(=O)O. The first-order valence-electron chi connectivity index (χ1n) is 9.69. The minimum atomic E-state index is -0.656. The lowest BCUT2D eigenvalue weighted by atomic mass is 9.90. The Bertz CT molecular complexity index is 281. The van der Waals surface area contributed by atoms with E-state index in [1.807, 2.05) is 0 Å². The highest BCUT2D eigenvalue weighted by molar-refractivity contribution is 5.66. The van der Waals surface area contributed by atoms with Gasteiger partial charge in [-0.3, -0.25) is 4.79 Å². The maximum Gasteiger partial charge on any atom is 0.303 e. The third-order valence-corrected chi connectivity index (χ3v) is 5.07. The van der Waals surface area contributed by atoms with E-state index in [4.69, 9.17) is 5.11 Å². The Balaban J connectivity index is 1.99. The molecule has 1 aliphatic heterocycles. The molecule has 2 atom stereocenters. The molecule has 0 aromatic rings. The second kappa shape index (κ2) is 12.9. The predicted molar refractivity (Wildman–Crippen MR) is 93.2 cm³/mol. The van der Waals surface area contributed by atoms with Gasteiger partial charge in [0.2, 0.25) is 0 Å². The van der Waals surface area contributed by atoms with Gasteiger partial charge in [-0.25, -0.2) is 0 Å². The number of nitrogens with one attached hydrogen (secondary N) is 1. The zero-order valence-corrected chi connectivity index (χ0v) is 14.6. The number of carbonyl (C=O) groups is 1. The molecule has 0 amide bonds. The molecule has 3 heteroatoms. The van der Waals surface area contributed by atoms with Crippen LogP contribution in [0.2, 0.25) is 0 Å². The van der Waals surface area contributed by atoms with Crippen LogP contribution >= 0.6 is 0 Å². The molecule has 0 radical (unpaired) electrons. The maximum atomic E-state index is 10.5. The summed E-state index contributed by atoms with van der Waals surface area (Å²) >= 11 is 0. The van der Waals surface area contributed by atoms with E-state index in [1.165, 1.54) is 77.2 Å². The summed E-state index contributed by atoms with van der Waals surface area (Å²) in [6, 6.07) is 0.732. The Labute approximate surface area is 137 Å². The van der Waals surface area contributed by atoms with Crippen LogP contribution in [0.4, 0.5) is 0 Å². The highest BCUT2D eigenvalue weighted by Crippen LogP contribution is 2.26. The Morgan fingerprint density at radius 3 is 2.32 bits per heavy atom. The zero-order valence-electron chi connectivity index (χ0n) is 14.6. The standard InChI is InChI=1S/C19H37NO2/c1-2-3-4-5-6-9-12-17-15-16-20-18(17)13-10-7-8-11-14-19(21)22/h17-18,20H,2-16H2,1H3,(H,21,22). The third-order valence-electron chi connectivity index (χ3n) is 5.07. The van der Waals surface area contributed by atoms with E-state index in [0.29, 0.717) is 6.42 Å². The fourth-order valence-corrected chi connectivity index (χ4v) is 3.69. The number of rotatable bonds is 14. The van der Waals surface area contributed by atoms with Crippen LogP contribution in [0.3, 0.4) is 0 Å². The summed E-state index contributed by atoms with van der Waals surface area (Å²) in [6.45, 7) is 3.47. The van der Waals surface area contributed by atoms with Gasteiger partial charge in [-0.1, -0.05) is 64.7 Å². The molecule has 1 fully saturated rings. The van der Waals surface area contributed by atoms with Crippen LogP contribution in [0.15, 0.2) is 0 Å². The molecule has 0 bridgehead atoms. The molecule has 1 aliphatic rings. The van der Waals surface area contributed by atoms with E-state index >= 15 is 0 Å². The normalized spacial score (nSPS) is 21.3. The fraction of sp³-hybridized carbons (Fsp3) is 0.947. The first-order chi connectivity index (χ1) is 10.7. The third kappa shape index (κ3) is 9.45. The summed E-state index contributed by atoms with van der Waals surface area (Å²) in [5, 5.41) is 12.3. The van der Waals surface area contributed by atoms with E-state index in [9.17, 15) is 4.79 Å². The highest BCUT2D eigenvalue weighted by Gasteiger charge is 2.25. The molecule has 1 rings (SSSR count). The van der Waals surface area contributed by atoms with E-state index in [-0.39, 0.29) is 0 Å². The molecule has 0 spiro atoms. The zero-order chi connectivity index (χ0) is 16.0. The topological polar surface area (TPSA) is 49.3 Å². The molecule has 1 saturated heterocycles. The van der Waals surface area contributed by atoms with Crippen LogP contribution in [-0.4, -0.2) is 23.7 Å². The number of hydrogen-bond donors (Lipinski definition) is 2. The summed E-state index contributed by atoms with van der Waals surface area (Å²) in [5.41, 5.74) is 0. The lowest BCUT2D eigenvalue weighted by Crippen LogP contribution is -2.26. The Hall–Kier alpha value is -0.570.